The molecule has 0 bridgehead atoms. The number of nitrogens with zero attached hydrogens (tertiary/aromatic N) is 3. The van der Waals surface area contributed by atoms with Gasteiger partial charge in [0.2, 0.25) is 0 Å². The van der Waals surface area contributed by atoms with E-state index in [-0.39, 0.29) is 0 Å². The van der Waals surface area contributed by atoms with Crippen molar-refractivity contribution < 1.29 is 8.83 Å². The van der Waals surface area contributed by atoms with Crippen LogP contribution in [0.1, 0.15) is 0 Å². The molecule has 0 spiro atoms. The van der Waals surface area contributed by atoms with E-state index in [0.29, 0.717) is 17.5 Å². The van der Waals surface area contributed by atoms with Crippen molar-refractivity contribution in [1.82, 2.24) is 15.0 Å². The molecule has 252 valence electrons. The van der Waals surface area contributed by atoms with Crippen LogP contribution in [0.5, 0.6) is 0 Å². The highest BCUT2D eigenvalue weighted by molar-refractivity contribution is 6.20. The smallest absolute Gasteiger partial charge is 0.164 e. The summed E-state index contributed by atoms with van der Waals surface area (Å²) in [4.78, 5) is 15.2. The number of rotatable bonds is 5. The highest BCUT2D eigenvalue weighted by Crippen LogP contribution is 2.43. The van der Waals surface area contributed by atoms with Crippen LogP contribution in [0.2, 0.25) is 0 Å². The zero-order chi connectivity index (χ0) is 35.6. The summed E-state index contributed by atoms with van der Waals surface area (Å²) in [6.07, 6.45) is 0. The topological polar surface area (TPSA) is 65.0 Å². The van der Waals surface area contributed by atoms with Crippen LogP contribution in [-0.2, 0) is 0 Å². The van der Waals surface area contributed by atoms with E-state index in [1.54, 1.807) is 0 Å². The van der Waals surface area contributed by atoms with Crippen LogP contribution < -0.4 is 0 Å². The van der Waals surface area contributed by atoms with Gasteiger partial charge in [-0.25, -0.2) is 15.0 Å². The highest BCUT2D eigenvalue weighted by Gasteiger charge is 2.19. The van der Waals surface area contributed by atoms with Crippen LogP contribution in [0.15, 0.2) is 185 Å². The Hall–Kier alpha value is -7.37. The lowest BCUT2D eigenvalue weighted by atomic mass is 9.94. The number of furan rings is 2. The molecule has 0 amide bonds. The second kappa shape index (κ2) is 12.1. The monoisotopic (exact) mass is 691 g/mol. The van der Waals surface area contributed by atoms with Gasteiger partial charge in [0.1, 0.15) is 22.3 Å². The molecule has 0 radical (unpaired) electrons. The van der Waals surface area contributed by atoms with Crippen LogP contribution in [0, 0.1) is 0 Å². The number of hydrogen-bond donors (Lipinski definition) is 0. The summed E-state index contributed by atoms with van der Waals surface area (Å²) in [5, 5.41) is 6.44. The van der Waals surface area contributed by atoms with Gasteiger partial charge in [-0.2, -0.15) is 0 Å². The van der Waals surface area contributed by atoms with Crippen molar-refractivity contribution in [2.45, 2.75) is 0 Å². The fourth-order valence-electron chi connectivity index (χ4n) is 7.75. The van der Waals surface area contributed by atoms with Crippen LogP contribution in [-0.4, -0.2) is 15.0 Å². The van der Waals surface area contributed by atoms with Crippen LogP contribution in [0.4, 0.5) is 0 Å². The predicted octanol–water partition coefficient (Wildman–Crippen LogP) is 13.2. The average Bonchev–Trinajstić information content (AvgIpc) is 3.82. The Balaban J connectivity index is 1.09. The molecule has 54 heavy (non-hydrogen) atoms. The molecule has 0 N–H and O–H groups in total. The summed E-state index contributed by atoms with van der Waals surface area (Å²) in [7, 11) is 0. The van der Waals surface area contributed by atoms with E-state index in [0.717, 1.165) is 93.6 Å². The molecule has 0 saturated heterocycles. The maximum atomic E-state index is 6.76. The maximum Gasteiger partial charge on any atom is 0.164 e. The standard InChI is InChI=1S/C49H29N3O2/c1-3-13-30(14-4-1)35-22-12-23-39-42-29-40(36-19-7-8-21-38(36)46(42)54-45(35)39)32-17-11-18-33(27-32)48-50-47(31-15-5-2-6-16-31)51-49(52-48)34-25-26-44-41(28-34)37-20-9-10-24-43(37)53-44/h1-29H. The van der Waals surface area contributed by atoms with Gasteiger partial charge in [-0.3, -0.25) is 0 Å². The number of benzene rings is 8. The summed E-state index contributed by atoms with van der Waals surface area (Å²) < 4.78 is 12.9. The number of fused-ring (bicyclic) bond motifs is 8. The number of para-hydroxylation sites is 2. The van der Waals surface area contributed by atoms with Crippen molar-refractivity contribution in [2.75, 3.05) is 0 Å². The van der Waals surface area contributed by atoms with E-state index in [9.17, 15) is 0 Å². The first-order valence-corrected chi connectivity index (χ1v) is 18.0. The molecule has 0 aliphatic carbocycles. The van der Waals surface area contributed by atoms with Gasteiger partial charge < -0.3 is 8.83 Å². The Morgan fingerprint density at radius 1 is 0.278 bits per heavy atom. The van der Waals surface area contributed by atoms with Gasteiger partial charge in [0.15, 0.2) is 17.5 Å². The molecule has 11 rings (SSSR count). The lowest BCUT2D eigenvalue weighted by molar-refractivity contribution is 0.669. The van der Waals surface area contributed by atoms with Gasteiger partial charge in [0, 0.05) is 49.2 Å². The van der Waals surface area contributed by atoms with Crippen molar-refractivity contribution in [3.05, 3.63) is 176 Å². The molecule has 5 heteroatoms. The lowest BCUT2D eigenvalue weighted by Crippen LogP contribution is -2.00. The molecular formula is C49H29N3O2. The van der Waals surface area contributed by atoms with Gasteiger partial charge in [-0.1, -0.05) is 140 Å². The third kappa shape index (κ3) is 4.90. The van der Waals surface area contributed by atoms with E-state index in [1.165, 1.54) is 0 Å². The van der Waals surface area contributed by atoms with Crippen molar-refractivity contribution in [3.8, 4) is 56.4 Å². The minimum absolute atomic E-state index is 0.599. The molecule has 5 nitrogen and oxygen atoms in total. The Labute approximate surface area is 309 Å². The van der Waals surface area contributed by atoms with Crippen LogP contribution >= 0.6 is 0 Å². The van der Waals surface area contributed by atoms with E-state index in [2.05, 4.69) is 109 Å². The lowest BCUT2D eigenvalue weighted by Gasteiger charge is -2.11. The largest absolute Gasteiger partial charge is 0.456 e. The van der Waals surface area contributed by atoms with Gasteiger partial charge in [-0.15, -0.1) is 0 Å². The fraction of sp³-hybridized carbons (Fsp3) is 0. The first-order chi connectivity index (χ1) is 26.7. The molecule has 0 aliphatic rings. The van der Waals surface area contributed by atoms with Gasteiger partial charge >= 0.3 is 0 Å². The molecule has 3 heterocycles. The Bertz CT molecular complexity index is 3220. The van der Waals surface area contributed by atoms with Crippen LogP contribution in [0.25, 0.3) is 111 Å². The number of aromatic nitrogens is 3. The van der Waals surface area contributed by atoms with Gasteiger partial charge in [-0.05, 0) is 58.5 Å². The summed E-state index contributed by atoms with van der Waals surface area (Å²) in [5.74, 6) is 1.82. The third-order valence-electron chi connectivity index (χ3n) is 10.3. The second-order valence-corrected chi connectivity index (χ2v) is 13.6. The van der Waals surface area contributed by atoms with E-state index in [4.69, 9.17) is 23.8 Å². The molecule has 0 saturated carbocycles. The predicted molar refractivity (Wildman–Crippen MR) is 219 cm³/mol. The highest BCUT2D eigenvalue weighted by atomic mass is 16.3. The first kappa shape index (κ1) is 30.3. The molecule has 11 aromatic rings. The Morgan fingerprint density at radius 2 is 0.833 bits per heavy atom. The molecule has 0 aliphatic heterocycles. The summed E-state index contributed by atoms with van der Waals surface area (Å²) >= 11 is 0. The van der Waals surface area contributed by atoms with Crippen molar-refractivity contribution in [2.24, 2.45) is 0 Å². The molecule has 0 atom stereocenters. The van der Waals surface area contributed by atoms with Crippen molar-refractivity contribution in [1.29, 1.82) is 0 Å². The minimum Gasteiger partial charge on any atom is -0.456 e. The minimum atomic E-state index is 0.599. The first-order valence-electron chi connectivity index (χ1n) is 18.0. The van der Waals surface area contributed by atoms with E-state index >= 15 is 0 Å². The zero-order valence-corrected chi connectivity index (χ0v) is 28.9. The molecule has 0 unspecified atom stereocenters. The Morgan fingerprint density at radius 3 is 1.63 bits per heavy atom. The van der Waals surface area contributed by atoms with Crippen molar-refractivity contribution >= 4 is 54.6 Å². The van der Waals surface area contributed by atoms with Crippen molar-refractivity contribution in [3.63, 3.8) is 0 Å². The SMILES string of the molecule is c1ccc(-c2nc(-c3cccc(-c4cc5c6cccc(-c7ccccc7)c6oc5c5ccccc45)c3)nc(-c3ccc4oc5ccccc5c4c3)n2)cc1. The summed E-state index contributed by atoms with van der Waals surface area (Å²) in [6, 6.07) is 60.4. The molecule has 0 fully saturated rings. The van der Waals surface area contributed by atoms with Gasteiger partial charge in [0.05, 0.1) is 0 Å². The van der Waals surface area contributed by atoms with E-state index in [1.807, 2.05) is 66.7 Å². The van der Waals surface area contributed by atoms with Crippen LogP contribution in [0.3, 0.4) is 0 Å². The average molecular weight is 692 g/mol. The van der Waals surface area contributed by atoms with Gasteiger partial charge in [0.25, 0.3) is 0 Å². The molecular weight excluding hydrogens is 663 g/mol. The zero-order valence-electron chi connectivity index (χ0n) is 28.9. The Kier molecular flexibility index (Phi) is 6.79. The summed E-state index contributed by atoms with van der Waals surface area (Å²) in [6.45, 7) is 0. The number of hydrogen-bond acceptors (Lipinski definition) is 5. The molecule has 3 aromatic heterocycles. The maximum absolute atomic E-state index is 6.76. The van der Waals surface area contributed by atoms with E-state index < -0.39 is 0 Å². The second-order valence-electron chi connectivity index (χ2n) is 13.6. The quantitative estimate of drug-likeness (QED) is 0.180. The fourth-order valence-corrected chi connectivity index (χ4v) is 7.75. The summed E-state index contributed by atoms with van der Waals surface area (Å²) in [5.41, 5.74) is 10.6. The third-order valence-corrected chi connectivity index (χ3v) is 10.3. The molecule has 8 aromatic carbocycles. The normalized spacial score (nSPS) is 11.7.